The van der Waals surface area contributed by atoms with E-state index in [-0.39, 0.29) is 18.3 Å². The van der Waals surface area contributed by atoms with Crippen LogP contribution >= 0.6 is 12.4 Å². The van der Waals surface area contributed by atoms with Crippen molar-refractivity contribution >= 4 is 18.3 Å². The van der Waals surface area contributed by atoms with Crippen LogP contribution in [0.15, 0.2) is 24.3 Å². The lowest BCUT2D eigenvalue weighted by Crippen LogP contribution is -2.47. The minimum Gasteiger partial charge on any atom is -0.493 e. The summed E-state index contributed by atoms with van der Waals surface area (Å²) in [4.78, 5) is 14.1. The summed E-state index contributed by atoms with van der Waals surface area (Å²) in [5.41, 5.74) is 0. The molecule has 2 rings (SSSR count). The number of nitrogens with one attached hydrogen (secondary N) is 1. The number of para-hydroxylation sites is 2. The maximum absolute atomic E-state index is 12.2. The average Bonchev–Trinajstić information content (AvgIpc) is 2.55. The summed E-state index contributed by atoms with van der Waals surface area (Å²) in [6.45, 7) is 2.02. The van der Waals surface area contributed by atoms with E-state index in [1.54, 1.807) is 7.11 Å². The number of rotatable bonds is 6. The third-order valence-electron chi connectivity index (χ3n) is 3.82. The molecule has 22 heavy (non-hydrogen) atoms. The average molecular weight is 329 g/mol. The van der Waals surface area contributed by atoms with Crippen LogP contribution in [-0.4, -0.2) is 50.7 Å². The number of halogens is 1. The van der Waals surface area contributed by atoms with Gasteiger partial charge in [-0.2, -0.15) is 0 Å². The van der Waals surface area contributed by atoms with Gasteiger partial charge in [0.25, 0.3) is 0 Å². The Kier molecular flexibility index (Phi) is 8.06. The van der Waals surface area contributed by atoms with Gasteiger partial charge in [-0.3, -0.25) is 4.79 Å². The van der Waals surface area contributed by atoms with Crippen molar-refractivity contribution in [1.82, 2.24) is 10.2 Å². The van der Waals surface area contributed by atoms with E-state index in [4.69, 9.17) is 9.47 Å². The molecule has 1 aliphatic heterocycles. The number of hydrogen-bond donors (Lipinski definition) is 1. The highest BCUT2D eigenvalue weighted by atomic mass is 35.5. The Morgan fingerprint density at radius 1 is 1.36 bits per heavy atom. The molecule has 1 atom stereocenters. The molecule has 0 aromatic heterocycles. The number of carbonyl (C=O) groups is 1. The molecule has 1 heterocycles. The number of benzene rings is 1. The fourth-order valence-electron chi connectivity index (χ4n) is 2.58. The number of likely N-dealkylation sites (tertiary alicyclic amines) is 1. The summed E-state index contributed by atoms with van der Waals surface area (Å²) < 4.78 is 10.9. The summed E-state index contributed by atoms with van der Waals surface area (Å²) in [5, 5.41) is 3.24. The predicted octanol–water partition coefficient (Wildman–Crippen LogP) is 2.10. The van der Waals surface area contributed by atoms with E-state index in [0.717, 1.165) is 25.9 Å². The Morgan fingerprint density at radius 2 is 2.09 bits per heavy atom. The van der Waals surface area contributed by atoms with E-state index in [9.17, 15) is 4.79 Å². The van der Waals surface area contributed by atoms with Crippen molar-refractivity contribution in [2.24, 2.45) is 0 Å². The molecule has 6 heteroatoms. The molecule has 0 saturated carbocycles. The fraction of sp³-hybridized carbons (Fsp3) is 0.562. The van der Waals surface area contributed by atoms with Gasteiger partial charge in [0.1, 0.15) is 0 Å². The maximum Gasteiger partial charge on any atom is 0.226 e. The molecule has 0 radical (unpaired) electrons. The highest BCUT2D eigenvalue weighted by Gasteiger charge is 2.22. The first kappa shape index (κ1) is 18.6. The van der Waals surface area contributed by atoms with Gasteiger partial charge in [-0.05, 0) is 32.0 Å². The SMILES string of the molecule is CNC1CCCN(C(=O)CCOc2ccccc2OC)C1.Cl. The zero-order valence-corrected chi connectivity index (χ0v) is 14.0. The quantitative estimate of drug-likeness (QED) is 0.869. The molecule has 1 saturated heterocycles. The summed E-state index contributed by atoms with van der Waals surface area (Å²) in [5.74, 6) is 1.53. The molecule has 1 fully saturated rings. The molecule has 5 nitrogen and oxygen atoms in total. The van der Waals surface area contributed by atoms with Crippen molar-refractivity contribution in [1.29, 1.82) is 0 Å². The Hall–Kier alpha value is -1.46. The Balaban J connectivity index is 0.00000242. The third-order valence-corrected chi connectivity index (χ3v) is 3.82. The monoisotopic (exact) mass is 328 g/mol. The van der Waals surface area contributed by atoms with Crippen LogP contribution in [0.1, 0.15) is 19.3 Å². The van der Waals surface area contributed by atoms with Crippen molar-refractivity contribution in [3.63, 3.8) is 0 Å². The molecule has 124 valence electrons. The topological polar surface area (TPSA) is 50.8 Å². The third kappa shape index (κ3) is 5.07. The number of piperidine rings is 1. The Morgan fingerprint density at radius 3 is 2.77 bits per heavy atom. The summed E-state index contributed by atoms with van der Waals surface area (Å²) >= 11 is 0. The molecular weight excluding hydrogens is 304 g/mol. The normalized spacial score (nSPS) is 17.5. The zero-order chi connectivity index (χ0) is 15.1. The van der Waals surface area contributed by atoms with Crippen LogP contribution in [0.25, 0.3) is 0 Å². The second kappa shape index (κ2) is 9.54. The van der Waals surface area contributed by atoms with Crippen LogP contribution in [-0.2, 0) is 4.79 Å². The predicted molar refractivity (Wildman–Crippen MR) is 89.0 cm³/mol. The van der Waals surface area contributed by atoms with Crippen LogP contribution in [0, 0.1) is 0 Å². The summed E-state index contributed by atoms with van der Waals surface area (Å²) in [6.07, 6.45) is 2.59. The summed E-state index contributed by atoms with van der Waals surface area (Å²) in [7, 11) is 3.56. The standard InChI is InChI=1S/C16H24N2O3.ClH/c1-17-13-6-5-10-18(12-13)16(19)9-11-21-15-8-4-3-7-14(15)20-2;/h3-4,7-8,13,17H,5-6,9-12H2,1-2H3;1H. The van der Waals surface area contributed by atoms with Gasteiger partial charge >= 0.3 is 0 Å². The van der Waals surface area contributed by atoms with Crippen molar-refractivity contribution in [2.45, 2.75) is 25.3 Å². The second-order valence-corrected chi connectivity index (χ2v) is 5.22. The fourth-order valence-corrected chi connectivity index (χ4v) is 2.58. The lowest BCUT2D eigenvalue weighted by atomic mass is 10.1. The molecule has 0 bridgehead atoms. The first-order valence-electron chi connectivity index (χ1n) is 7.45. The minimum atomic E-state index is 0. The first-order chi connectivity index (χ1) is 10.2. The largest absolute Gasteiger partial charge is 0.493 e. The van der Waals surface area contributed by atoms with Crippen LogP contribution in [0.5, 0.6) is 11.5 Å². The van der Waals surface area contributed by atoms with Gasteiger partial charge in [0.2, 0.25) is 5.91 Å². The first-order valence-corrected chi connectivity index (χ1v) is 7.45. The van der Waals surface area contributed by atoms with E-state index < -0.39 is 0 Å². The molecule has 1 aromatic carbocycles. The highest BCUT2D eigenvalue weighted by Crippen LogP contribution is 2.25. The molecule has 1 aromatic rings. The minimum absolute atomic E-state index is 0. The number of carbonyl (C=O) groups excluding carboxylic acids is 1. The van der Waals surface area contributed by atoms with Crippen LogP contribution < -0.4 is 14.8 Å². The van der Waals surface area contributed by atoms with E-state index in [1.807, 2.05) is 36.2 Å². The highest BCUT2D eigenvalue weighted by molar-refractivity contribution is 5.85. The van der Waals surface area contributed by atoms with Gasteiger partial charge in [-0.15, -0.1) is 12.4 Å². The molecule has 1 amide bonds. The van der Waals surface area contributed by atoms with E-state index in [2.05, 4.69) is 5.32 Å². The van der Waals surface area contributed by atoms with Crippen molar-refractivity contribution < 1.29 is 14.3 Å². The van der Waals surface area contributed by atoms with Crippen molar-refractivity contribution in [3.8, 4) is 11.5 Å². The molecule has 1 aliphatic rings. The van der Waals surface area contributed by atoms with Crippen LogP contribution in [0.2, 0.25) is 0 Å². The summed E-state index contributed by atoms with van der Waals surface area (Å²) in [6, 6.07) is 7.89. The van der Waals surface area contributed by atoms with E-state index >= 15 is 0 Å². The molecular formula is C16H25ClN2O3. The van der Waals surface area contributed by atoms with Gasteiger partial charge in [-0.1, -0.05) is 12.1 Å². The molecule has 0 spiro atoms. The van der Waals surface area contributed by atoms with Gasteiger partial charge in [0.05, 0.1) is 20.1 Å². The maximum atomic E-state index is 12.2. The van der Waals surface area contributed by atoms with Crippen molar-refractivity contribution in [3.05, 3.63) is 24.3 Å². The Labute approximate surface area is 138 Å². The number of hydrogen-bond acceptors (Lipinski definition) is 4. The van der Waals surface area contributed by atoms with Gasteiger partial charge < -0.3 is 19.7 Å². The number of ether oxygens (including phenoxy) is 2. The molecule has 1 unspecified atom stereocenters. The smallest absolute Gasteiger partial charge is 0.226 e. The number of amides is 1. The number of likely N-dealkylation sites (N-methyl/N-ethyl adjacent to an activating group) is 1. The van der Waals surface area contributed by atoms with E-state index in [0.29, 0.717) is 30.6 Å². The van der Waals surface area contributed by atoms with E-state index in [1.165, 1.54) is 0 Å². The molecule has 1 N–H and O–H groups in total. The zero-order valence-electron chi connectivity index (χ0n) is 13.2. The van der Waals surface area contributed by atoms with Crippen molar-refractivity contribution in [2.75, 3.05) is 33.9 Å². The van der Waals surface area contributed by atoms with Gasteiger partial charge in [0.15, 0.2) is 11.5 Å². The van der Waals surface area contributed by atoms with Gasteiger partial charge in [-0.25, -0.2) is 0 Å². The lowest BCUT2D eigenvalue weighted by molar-refractivity contribution is -0.133. The van der Waals surface area contributed by atoms with Gasteiger partial charge in [0, 0.05) is 19.1 Å². The van der Waals surface area contributed by atoms with Crippen LogP contribution in [0.4, 0.5) is 0 Å². The van der Waals surface area contributed by atoms with Crippen LogP contribution in [0.3, 0.4) is 0 Å². The number of methoxy groups -OCH3 is 1. The number of nitrogens with zero attached hydrogens (tertiary/aromatic N) is 1. The lowest BCUT2D eigenvalue weighted by Gasteiger charge is -2.32. The molecule has 0 aliphatic carbocycles. The second-order valence-electron chi connectivity index (χ2n) is 5.22. The Bertz CT molecular complexity index is 470.